The van der Waals surface area contributed by atoms with E-state index in [9.17, 15) is 0 Å². The predicted octanol–water partition coefficient (Wildman–Crippen LogP) is 16.0. The van der Waals surface area contributed by atoms with Gasteiger partial charge in [0.2, 0.25) is 0 Å². The highest BCUT2D eigenvalue weighted by Gasteiger charge is 2.45. The van der Waals surface area contributed by atoms with Crippen molar-refractivity contribution in [3.63, 3.8) is 0 Å². The van der Waals surface area contributed by atoms with Crippen molar-refractivity contribution in [1.82, 2.24) is 4.57 Å². The Kier molecular flexibility index (Phi) is 7.23. The minimum atomic E-state index is 0.0315. The third-order valence-corrected chi connectivity index (χ3v) is 13.9. The average molecular weight is 803 g/mol. The van der Waals surface area contributed by atoms with Crippen LogP contribution in [-0.2, 0) is 0 Å². The third kappa shape index (κ3) is 4.96. The van der Waals surface area contributed by atoms with Gasteiger partial charge in [-0.05, 0) is 109 Å². The van der Waals surface area contributed by atoms with Gasteiger partial charge < -0.3 is 13.9 Å². The van der Waals surface area contributed by atoms with Gasteiger partial charge in [0.1, 0.15) is 11.3 Å². The molecule has 294 valence electrons. The van der Waals surface area contributed by atoms with Crippen LogP contribution in [0.3, 0.4) is 0 Å². The van der Waals surface area contributed by atoms with Crippen LogP contribution in [0.4, 0.5) is 11.4 Å². The number of benzene rings is 10. The topological polar surface area (TPSA) is 21.3 Å². The first-order valence-corrected chi connectivity index (χ1v) is 21.9. The van der Waals surface area contributed by atoms with Crippen molar-refractivity contribution in [1.29, 1.82) is 0 Å². The summed E-state index contributed by atoms with van der Waals surface area (Å²) in [5.41, 5.74) is 14.2. The fourth-order valence-electron chi connectivity index (χ4n) is 11.1. The molecule has 63 heavy (non-hydrogen) atoms. The van der Waals surface area contributed by atoms with Crippen molar-refractivity contribution in [2.75, 3.05) is 4.90 Å². The first-order chi connectivity index (χ1) is 31.3. The molecule has 0 bridgehead atoms. The van der Waals surface area contributed by atoms with E-state index in [4.69, 9.17) is 4.42 Å². The van der Waals surface area contributed by atoms with Crippen molar-refractivity contribution in [3.05, 3.63) is 229 Å². The van der Waals surface area contributed by atoms with Crippen LogP contribution in [-0.4, -0.2) is 10.6 Å². The standard InChI is InChI=1S/C60H38N2O/c1-2-12-37(13-3-1)38-22-29-42(30-23-38)62-55-34-32-49-48-18-9-11-21-56(48)63-60(49)58(55)51-33-35-54-57(59(51)62)50-19-8-10-20-53(50)61(54)41-27-24-39(25-28-41)40-26-31-47-45-16-5-4-14-43(45)44-15-6-7-17-46(44)52(47)36-40/h1-36,55,58H. The molecule has 3 nitrogen and oxygen atoms in total. The van der Waals surface area contributed by atoms with E-state index >= 15 is 0 Å². The van der Waals surface area contributed by atoms with Crippen LogP contribution in [0.2, 0.25) is 0 Å². The summed E-state index contributed by atoms with van der Waals surface area (Å²) in [7, 11) is 0. The zero-order valence-electron chi connectivity index (χ0n) is 34.2. The van der Waals surface area contributed by atoms with Gasteiger partial charge in [-0.2, -0.15) is 0 Å². The summed E-state index contributed by atoms with van der Waals surface area (Å²) in [6.07, 6.45) is 4.70. The van der Waals surface area contributed by atoms with Gasteiger partial charge in [0, 0.05) is 33.1 Å². The van der Waals surface area contributed by atoms with Gasteiger partial charge in [0.25, 0.3) is 0 Å². The Morgan fingerprint density at radius 2 is 0.952 bits per heavy atom. The van der Waals surface area contributed by atoms with Crippen LogP contribution in [0.1, 0.15) is 22.8 Å². The Bertz CT molecular complexity index is 3820. The van der Waals surface area contributed by atoms with Gasteiger partial charge in [0.15, 0.2) is 0 Å². The first kappa shape index (κ1) is 34.6. The lowest BCUT2D eigenvalue weighted by atomic mass is 9.85. The second-order valence-electron chi connectivity index (χ2n) is 17.1. The molecule has 3 heteroatoms. The molecule has 14 rings (SSSR count). The Labute approximate surface area is 364 Å². The van der Waals surface area contributed by atoms with E-state index in [1.807, 2.05) is 0 Å². The molecule has 0 spiro atoms. The number of para-hydroxylation sites is 2. The zero-order valence-corrected chi connectivity index (χ0v) is 34.2. The fourth-order valence-corrected chi connectivity index (χ4v) is 11.1. The lowest BCUT2D eigenvalue weighted by molar-refractivity contribution is 0.505. The van der Waals surface area contributed by atoms with Crippen LogP contribution in [0.5, 0.6) is 0 Å². The Balaban J connectivity index is 0.944. The summed E-state index contributed by atoms with van der Waals surface area (Å²) >= 11 is 0. The van der Waals surface area contributed by atoms with Crippen molar-refractivity contribution >= 4 is 82.5 Å². The molecule has 2 unspecified atom stereocenters. The van der Waals surface area contributed by atoms with E-state index in [1.165, 1.54) is 98.6 Å². The zero-order chi connectivity index (χ0) is 41.2. The van der Waals surface area contributed by atoms with Gasteiger partial charge in [-0.15, -0.1) is 0 Å². The number of rotatable bonds is 4. The normalized spacial score (nSPS) is 15.5. The maximum absolute atomic E-state index is 6.82. The molecule has 1 aliphatic carbocycles. The lowest BCUT2D eigenvalue weighted by Gasteiger charge is -2.30. The van der Waals surface area contributed by atoms with Crippen molar-refractivity contribution in [2.45, 2.75) is 12.0 Å². The van der Waals surface area contributed by atoms with E-state index in [0.717, 1.165) is 22.7 Å². The van der Waals surface area contributed by atoms with Crippen molar-refractivity contribution in [2.24, 2.45) is 0 Å². The molecule has 0 fully saturated rings. The first-order valence-electron chi connectivity index (χ1n) is 21.9. The quantitative estimate of drug-likeness (QED) is 0.165. The van der Waals surface area contributed by atoms with Crippen molar-refractivity contribution in [3.8, 4) is 27.9 Å². The summed E-state index contributed by atoms with van der Waals surface area (Å²) in [5, 5.41) is 11.4. The highest BCUT2D eigenvalue weighted by Crippen LogP contribution is 2.56. The molecule has 2 aliphatic rings. The molecule has 0 amide bonds. The number of hydrogen-bond acceptors (Lipinski definition) is 2. The Hall–Kier alpha value is -8.14. The average Bonchev–Trinajstić information content (AvgIpc) is 4.02. The van der Waals surface area contributed by atoms with E-state index in [1.54, 1.807) is 0 Å². The lowest BCUT2D eigenvalue weighted by Crippen LogP contribution is -2.30. The number of fused-ring (bicyclic) bond motifs is 17. The van der Waals surface area contributed by atoms with Crippen LogP contribution in [0, 0.1) is 0 Å². The Morgan fingerprint density at radius 1 is 0.397 bits per heavy atom. The monoisotopic (exact) mass is 802 g/mol. The maximum atomic E-state index is 6.82. The SMILES string of the molecule is C1=CC2C(c3ccc4c(c3N2c2ccc(-c3ccccc3)cc2)c2ccccc2n4-c2ccc(-c3ccc4c5ccccc5c5ccccc5c4c3)cc2)c2oc3ccccc3c21. The van der Waals surface area contributed by atoms with Gasteiger partial charge in [0.05, 0.1) is 28.7 Å². The minimum Gasteiger partial charge on any atom is -0.460 e. The predicted molar refractivity (Wildman–Crippen MR) is 264 cm³/mol. The highest BCUT2D eigenvalue weighted by molar-refractivity contribution is 6.26. The summed E-state index contributed by atoms with van der Waals surface area (Å²) in [6, 6.07) is 75.6. The van der Waals surface area contributed by atoms with Crippen LogP contribution >= 0.6 is 0 Å². The smallest absolute Gasteiger partial charge is 0.134 e. The molecule has 0 radical (unpaired) electrons. The number of hydrogen-bond donors (Lipinski definition) is 0. The van der Waals surface area contributed by atoms with Gasteiger partial charge in [-0.25, -0.2) is 0 Å². The third-order valence-electron chi connectivity index (χ3n) is 13.9. The van der Waals surface area contributed by atoms with Crippen LogP contribution in [0.15, 0.2) is 217 Å². The number of aromatic nitrogens is 1. The van der Waals surface area contributed by atoms with Crippen LogP contribution < -0.4 is 4.90 Å². The van der Waals surface area contributed by atoms with Crippen LogP contribution in [0.25, 0.3) is 99.1 Å². The molecule has 0 saturated heterocycles. The number of furan rings is 1. The summed E-state index contributed by atoms with van der Waals surface area (Å²) in [5.74, 6) is 1.07. The van der Waals surface area contributed by atoms with E-state index < -0.39 is 0 Å². The second-order valence-corrected chi connectivity index (χ2v) is 17.1. The summed E-state index contributed by atoms with van der Waals surface area (Å²) in [4.78, 5) is 2.58. The van der Waals surface area contributed by atoms with E-state index in [2.05, 4.69) is 228 Å². The number of anilines is 2. The molecule has 12 aromatic rings. The molecule has 2 atom stereocenters. The van der Waals surface area contributed by atoms with Gasteiger partial charge in [-0.1, -0.05) is 170 Å². The molecular formula is C60H38N2O. The molecule has 0 saturated carbocycles. The van der Waals surface area contributed by atoms with Gasteiger partial charge >= 0.3 is 0 Å². The second kappa shape index (κ2) is 13.2. The number of nitrogens with zero attached hydrogens (tertiary/aromatic N) is 2. The molecule has 1 aliphatic heterocycles. The fraction of sp³-hybridized carbons (Fsp3) is 0.0333. The van der Waals surface area contributed by atoms with Crippen molar-refractivity contribution < 1.29 is 4.42 Å². The van der Waals surface area contributed by atoms with E-state index in [-0.39, 0.29) is 12.0 Å². The summed E-state index contributed by atoms with van der Waals surface area (Å²) in [6.45, 7) is 0. The molecule has 3 heterocycles. The molecular weight excluding hydrogens is 765 g/mol. The molecule has 0 N–H and O–H groups in total. The van der Waals surface area contributed by atoms with Gasteiger partial charge in [-0.3, -0.25) is 0 Å². The minimum absolute atomic E-state index is 0.0315. The molecule has 2 aromatic heterocycles. The summed E-state index contributed by atoms with van der Waals surface area (Å²) < 4.78 is 9.28. The maximum Gasteiger partial charge on any atom is 0.134 e. The highest BCUT2D eigenvalue weighted by atomic mass is 16.3. The molecule has 10 aromatic carbocycles. The van der Waals surface area contributed by atoms with E-state index in [0.29, 0.717) is 0 Å². The Morgan fingerprint density at radius 3 is 1.68 bits per heavy atom. The largest absolute Gasteiger partial charge is 0.460 e.